The number of rotatable bonds is 8. The van der Waals surface area contributed by atoms with Crippen LogP contribution in [0.15, 0.2) is 59.4 Å². The Morgan fingerprint density at radius 1 is 1.07 bits per heavy atom. The molecule has 8 nitrogen and oxygen atoms in total. The predicted octanol–water partition coefficient (Wildman–Crippen LogP) is 1.97. The van der Waals surface area contributed by atoms with E-state index in [4.69, 9.17) is 11.6 Å². The molecule has 0 saturated carbocycles. The molecular formula is C20H20ClN5O3. The van der Waals surface area contributed by atoms with Crippen LogP contribution in [0.4, 0.5) is 0 Å². The Bertz CT molecular complexity index is 1030. The number of benzene rings is 2. The molecule has 0 radical (unpaired) electrons. The molecule has 9 heteroatoms. The summed E-state index contributed by atoms with van der Waals surface area (Å²) >= 11 is 6.11. The lowest BCUT2D eigenvalue weighted by atomic mass is 10.0. The first-order valence-electron chi connectivity index (χ1n) is 9.03. The average Bonchev–Trinajstić information content (AvgIpc) is 3.13. The number of halogens is 1. The van der Waals surface area contributed by atoms with Gasteiger partial charge in [0.25, 0.3) is 5.91 Å². The van der Waals surface area contributed by atoms with Gasteiger partial charge in [0.15, 0.2) is 0 Å². The van der Waals surface area contributed by atoms with Crippen LogP contribution in [0.5, 0.6) is 0 Å². The van der Waals surface area contributed by atoms with Crippen molar-refractivity contribution >= 4 is 23.4 Å². The maximum atomic E-state index is 12.7. The van der Waals surface area contributed by atoms with E-state index in [1.165, 1.54) is 0 Å². The molecule has 0 aliphatic carbocycles. The van der Waals surface area contributed by atoms with Crippen molar-refractivity contribution in [3.63, 3.8) is 0 Å². The topological polar surface area (TPSA) is 120 Å². The van der Waals surface area contributed by atoms with Gasteiger partial charge in [0, 0.05) is 13.0 Å². The SMILES string of the molecule is O=C(CC(NC(=O)c1ccccc1Cl)c1ccccc1)NCCc1n[nH]c(=O)[nH]1. The van der Waals surface area contributed by atoms with Gasteiger partial charge in [-0.2, -0.15) is 5.10 Å². The Labute approximate surface area is 171 Å². The second-order valence-electron chi connectivity index (χ2n) is 6.35. The second kappa shape index (κ2) is 9.70. The summed E-state index contributed by atoms with van der Waals surface area (Å²) in [5.74, 6) is -0.135. The smallest absolute Gasteiger partial charge is 0.340 e. The minimum Gasteiger partial charge on any atom is -0.356 e. The van der Waals surface area contributed by atoms with E-state index in [1.54, 1.807) is 24.3 Å². The summed E-state index contributed by atoms with van der Waals surface area (Å²) in [6.45, 7) is 0.305. The van der Waals surface area contributed by atoms with Crippen molar-refractivity contribution in [3.05, 3.63) is 87.1 Å². The molecule has 0 saturated heterocycles. The molecule has 0 bridgehead atoms. The molecule has 0 aliphatic heterocycles. The van der Waals surface area contributed by atoms with Crippen LogP contribution in [0.3, 0.4) is 0 Å². The Hall–Kier alpha value is -3.39. The van der Waals surface area contributed by atoms with Crippen molar-refractivity contribution in [2.24, 2.45) is 0 Å². The largest absolute Gasteiger partial charge is 0.356 e. The van der Waals surface area contributed by atoms with E-state index in [9.17, 15) is 14.4 Å². The fraction of sp³-hybridized carbons (Fsp3) is 0.200. The van der Waals surface area contributed by atoms with E-state index in [1.807, 2.05) is 30.3 Å². The van der Waals surface area contributed by atoms with Crippen molar-refractivity contribution < 1.29 is 9.59 Å². The number of aromatic amines is 2. The van der Waals surface area contributed by atoms with Crippen LogP contribution >= 0.6 is 11.6 Å². The third-order valence-electron chi connectivity index (χ3n) is 4.25. The Morgan fingerprint density at radius 2 is 1.79 bits per heavy atom. The number of carbonyl (C=O) groups is 2. The van der Waals surface area contributed by atoms with Gasteiger partial charge in [-0.25, -0.2) is 9.89 Å². The number of hydrogen-bond acceptors (Lipinski definition) is 4. The highest BCUT2D eigenvalue weighted by atomic mass is 35.5. The van der Waals surface area contributed by atoms with Crippen LogP contribution in [0, 0.1) is 0 Å². The standard InChI is InChI=1S/C20H20ClN5O3/c21-15-9-5-4-8-14(15)19(28)23-16(13-6-2-1-3-7-13)12-18(27)22-11-10-17-24-20(29)26-25-17/h1-9,16H,10-12H2,(H,22,27)(H,23,28)(H2,24,25,26,29). The highest BCUT2D eigenvalue weighted by Crippen LogP contribution is 2.20. The van der Waals surface area contributed by atoms with Crippen molar-refractivity contribution in [1.29, 1.82) is 0 Å². The number of nitrogens with zero attached hydrogens (tertiary/aromatic N) is 1. The lowest BCUT2D eigenvalue weighted by Gasteiger charge is -2.19. The maximum Gasteiger partial charge on any atom is 0.340 e. The zero-order valence-corrected chi connectivity index (χ0v) is 16.2. The molecule has 29 heavy (non-hydrogen) atoms. The number of amides is 2. The van der Waals surface area contributed by atoms with Crippen molar-refractivity contribution in [1.82, 2.24) is 25.8 Å². The van der Waals surface area contributed by atoms with Gasteiger partial charge in [-0.15, -0.1) is 0 Å². The minimum atomic E-state index is -0.523. The summed E-state index contributed by atoms with van der Waals surface area (Å²) in [5.41, 5.74) is 0.760. The molecule has 150 valence electrons. The number of hydrogen-bond donors (Lipinski definition) is 4. The van der Waals surface area contributed by atoms with E-state index < -0.39 is 11.7 Å². The fourth-order valence-corrected chi connectivity index (χ4v) is 3.04. The van der Waals surface area contributed by atoms with E-state index in [2.05, 4.69) is 25.8 Å². The molecular weight excluding hydrogens is 394 g/mol. The van der Waals surface area contributed by atoms with Gasteiger partial charge in [0.1, 0.15) is 5.82 Å². The summed E-state index contributed by atoms with van der Waals surface area (Å²) in [6, 6.07) is 15.5. The summed E-state index contributed by atoms with van der Waals surface area (Å²) in [6.07, 6.45) is 0.434. The molecule has 0 fully saturated rings. The third-order valence-corrected chi connectivity index (χ3v) is 4.58. The maximum absolute atomic E-state index is 12.7. The van der Waals surface area contributed by atoms with Gasteiger partial charge < -0.3 is 10.6 Å². The highest BCUT2D eigenvalue weighted by Gasteiger charge is 2.20. The minimum absolute atomic E-state index is 0.0529. The normalized spacial score (nSPS) is 11.6. The van der Waals surface area contributed by atoms with Gasteiger partial charge >= 0.3 is 5.69 Å². The lowest BCUT2D eigenvalue weighted by Crippen LogP contribution is -2.34. The van der Waals surface area contributed by atoms with Gasteiger partial charge in [0.2, 0.25) is 5.91 Å². The first-order chi connectivity index (χ1) is 14.0. The highest BCUT2D eigenvalue weighted by molar-refractivity contribution is 6.33. The van der Waals surface area contributed by atoms with Crippen LogP contribution in [-0.2, 0) is 11.2 Å². The van der Waals surface area contributed by atoms with E-state index in [-0.39, 0.29) is 18.2 Å². The monoisotopic (exact) mass is 413 g/mol. The molecule has 4 N–H and O–H groups in total. The van der Waals surface area contributed by atoms with Crippen LogP contribution in [0.2, 0.25) is 5.02 Å². The summed E-state index contributed by atoms with van der Waals surface area (Å²) in [5, 5.41) is 12.1. The molecule has 3 rings (SSSR count). The number of H-pyrrole nitrogens is 2. The van der Waals surface area contributed by atoms with E-state index >= 15 is 0 Å². The third kappa shape index (κ3) is 5.79. The quantitative estimate of drug-likeness (QED) is 0.451. The molecule has 2 amide bonds. The molecule has 2 aromatic carbocycles. The van der Waals surface area contributed by atoms with Gasteiger partial charge in [0.05, 0.1) is 23.0 Å². The summed E-state index contributed by atoms with van der Waals surface area (Å²) in [4.78, 5) is 38.6. The first-order valence-corrected chi connectivity index (χ1v) is 9.41. The Balaban J connectivity index is 1.64. The molecule has 0 aliphatic rings. The Kier molecular flexibility index (Phi) is 6.80. The zero-order valence-electron chi connectivity index (χ0n) is 15.4. The second-order valence-corrected chi connectivity index (χ2v) is 6.75. The molecule has 1 heterocycles. The van der Waals surface area contributed by atoms with Crippen molar-refractivity contribution in [2.45, 2.75) is 18.9 Å². The van der Waals surface area contributed by atoms with Gasteiger partial charge in [-0.05, 0) is 17.7 Å². The molecule has 0 spiro atoms. The van der Waals surface area contributed by atoms with Crippen molar-refractivity contribution in [3.8, 4) is 0 Å². The molecule has 1 aromatic heterocycles. The molecule has 1 unspecified atom stereocenters. The van der Waals surface area contributed by atoms with E-state index in [0.29, 0.717) is 29.4 Å². The first kappa shape index (κ1) is 20.3. The summed E-state index contributed by atoms with van der Waals surface area (Å²) in [7, 11) is 0. The molecule has 1 atom stereocenters. The zero-order chi connectivity index (χ0) is 20.6. The average molecular weight is 414 g/mol. The fourth-order valence-electron chi connectivity index (χ4n) is 2.82. The summed E-state index contributed by atoms with van der Waals surface area (Å²) < 4.78 is 0. The van der Waals surface area contributed by atoms with Crippen LogP contribution in [0.1, 0.15) is 34.2 Å². The molecule has 3 aromatic rings. The lowest BCUT2D eigenvalue weighted by molar-refractivity contribution is -0.121. The predicted molar refractivity (Wildman–Crippen MR) is 109 cm³/mol. The van der Waals surface area contributed by atoms with E-state index in [0.717, 1.165) is 5.56 Å². The van der Waals surface area contributed by atoms with Crippen molar-refractivity contribution in [2.75, 3.05) is 6.54 Å². The number of nitrogens with one attached hydrogen (secondary N) is 4. The van der Waals surface area contributed by atoms with Crippen LogP contribution in [0.25, 0.3) is 0 Å². The van der Waals surface area contributed by atoms with Gasteiger partial charge in [-0.3, -0.25) is 14.6 Å². The number of aromatic nitrogens is 3. The van der Waals surface area contributed by atoms with Gasteiger partial charge in [-0.1, -0.05) is 54.1 Å². The van der Waals surface area contributed by atoms with Crippen LogP contribution < -0.4 is 16.3 Å². The Morgan fingerprint density at radius 3 is 2.48 bits per heavy atom. The van der Waals surface area contributed by atoms with Crippen LogP contribution in [-0.4, -0.2) is 33.5 Å². The number of carbonyl (C=O) groups excluding carboxylic acids is 2.